The summed E-state index contributed by atoms with van der Waals surface area (Å²) in [4.78, 5) is 21.4. The largest absolute Gasteiger partial charge is 0.458 e. The fourth-order valence-corrected chi connectivity index (χ4v) is 2.98. The zero-order chi connectivity index (χ0) is 19.6. The van der Waals surface area contributed by atoms with Gasteiger partial charge in [0.05, 0.1) is 18.7 Å². The maximum absolute atomic E-state index is 12.7. The van der Waals surface area contributed by atoms with Gasteiger partial charge in [-0.2, -0.15) is 18.2 Å². The molecule has 3 heterocycles. The van der Waals surface area contributed by atoms with Gasteiger partial charge in [-0.05, 0) is 32.8 Å². The first-order chi connectivity index (χ1) is 12.7. The van der Waals surface area contributed by atoms with Crippen molar-refractivity contribution < 1.29 is 27.2 Å². The number of hydrogen-bond donors (Lipinski definition) is 0. The van der Waals surface area contributed by atoms with Crippen LogP contribution < -0.4 is 4.74 Å². The van der Waals surface area contributed by atoms with Crippen molar-refractivity contribution in [3.8, 4) is 6.01 Å². The average molecular weight is 384 g/mol. The molecule has 1 fully saturated rings. The summed E-state index contributed by atoms with van der Waals surface area (Å²) in [6.07, 6.45) is -2.58. The van der Waals surface area contributed by atoms with Crippen LogP contribution >= 0.6 is 0 Å². The molecule has 10 heteroatoms. The molecular weight excluding hydrogens is 365 g/mol. The topological polar surface area (TPSA) is 81.4 Å². The summed E-state index contributed by atoms with van der Waals surface area (Å²) in [6, 6.07) is 0.447. The minimum absolute atomic E-state index is 0.109. The Balaban J connectivity index is 1.63. The number of alkyl halides is 3. The van der Waals surface area contributed by atoms with Gasteiger partial charge in [-0.1, -0.05) is 5.16 Å². The lowest BCUT2D eigenvalue weighted by Gasteiger charge is -2.32. The molecule has 3 rings (SSSR count). The first-order valence-corrected chi connectivity index (χ1v) is 8.50. The number of aromatic nitrogens is 3. The van der Waals surface area contributed by atoms with Gasteiger partial charge < -0.3 is 14.2 Å². The molecule has 0 spiro atoms. The van der Waals surface area contributed by atoms with E-state index in [1.165, 1.54) is 0 Å². The molecule has 27 heavy (non-hydrogen) atoms. The van der Waals surface area contributed by atoms with E-state index in [1.54, 1.807) is 18.7 Å². The minimum atomic E-state index is -4.57. The van der Waals surface area contributed by atoms with Gasteiger partial charge >= 0.3 is 12.2 Å². The van der Waals surface area contributed by atoms with Crippen LogP contribution in [0.5, 0.6) is 6.01 Å². The van der Waals surface area contributed by atoms with Gasteiger partial charge in [0.25, 0.3) is 0 Å². The second-order valence-corrected chi connectivity index (χ2v) is 6.42. The Labute approximate surface area is 153 Å². The molecule has 1 saturated heterocycles. The van der Waals surface area contributed by atoms with Gasteiger partial charge in [0.1, 0.15) is 11.9 Å². The number of aryl methyl sites for hydroxylation is 2. The minimum Gasteiger partial charge on any atom is -0.458 e. The molecule has 0 radical (unpaired) electrons. The molecule has 2 aromatic rings. The first kappa shape index (κ1) is 19.1. The first-order valence-electron chi connectivity index (χ1n) is 8.50. The molecule has 0 aromatic carbocycles. The molecule has 0 aliphatic carbocycles. The highest BCUT2D eigenvalue weighted by molar-refractivity contribution is 5.79. The molecule has 0 saturated carbocycles. The highest BCUT2D eigenvalue weighted by atomic mass is 19.4. The van der Waals surface area contributed by atoms with E-state index in [0.29, 0.717) is 30.8 Å². The van der Waals surface area contributed by atoms with Crippen LogP contribution in [0.2, 0.25) is 0 Å². The van der Waals surface area contributed by atoms with Crippen molar-refractivity contribution in [2.24, 2.45) is 0 Å². The lowest BCUT2D eigenvalue weighted by molar-refractivity contribution is -0.141. The highest BCUT2D eigenvalue weighted by Gasteiger charge is 2.33. The second kappa shape index (κ2) is 7.53. The number of ether oxygens (including phenoxy) is 1. The van der Waals surface area contributed by atoms with E-state index in [0.717, 1.165) is 17.8 Å². The van der Waals surface area contributed by atoms with E-state index in [2.05, 4.69) is 15.1 Å². The van der Waals surface area contributed by atoms with Crippen LogP contribution in [0.25, 0.3) is 0 Å². The number of carbonyl (C=O) groups excluding carboxylic acids is 1. The van der Waals surface area contributed by atoms with Gasteiger partial charge in [-0.15, -0.1) is 0 Å². The average Bonchev–Trinajstić information content (AvgIpc) is 2.93. The molecule has 0 bridgehead atoms. The summed E-state index contributed by atoms with van der Waals surface area (Å²) in [6.45, 7) is 4.34. The van der Waals surface area contributed by atoms with Gasteiger partial charge in [0, 0.05) is 18.3 Å². The Morgan fingerprint density at radius 1 is 1.41 bits per heavy atom. The molecule has 1 aliphatic heterocycles. The lowest BCUT2D eigenvalue weighted by Crippen LogP contribution is -2.45. The predicted octanol–water partition coefficient (Wildman–Crippen LogP) is 2.71. The summed E-state index contributed by atoms with van der Waals surface area (Å²) in [7, 11) is 0. The Bertz CT molecular complexity index is 802. The third-order valence-electron chi connectivity index (χ3n) is 4.44. The molecular formula is C17H19F3N4O3. The Kier molecular flexibility index (Phi) is 5.33. The van der Waals surface area contributed by atoms with Crippen LogP contribution in [0, 0.1) is 13.8 Å². The smallest absolute Gasteiger partial charge is 0.433 e. The molecule has 2 aromatic heterocycles. The van der Waals surface area contributed by atoms with Gasteiger partial charge in [0.2, 0.25) is 5.91 Å². The Morgan fingerprint density at radius 2 is 2.19 bits per heavy atom. The number of piperidine rings is 1. The monoisotopic (exact) mass is 384 g/mol. The number of rotatable bonds is 4. The summed E-state index contributed by atoms with van der Waals surface area (Å²) < 4.78 is 48.8. The number of hydrogen-bond acceptors (Lipinski definition) is 6. The van der Waals surface area contributed by atoms with Crippen LogP contribution in [0.15, 0.2) is 16.8 Å². The van der Waals surface area contributed by atoms with Gasteiger partial charge in [0.15, 0.2) is 5.69 Å². The zero-order valence-corrected chi connectivity index (χ0v) is 14.9. The number of amides is 1. The van der Waals surface area contributed by atoms with Crippen molar-refractivity contribution in [3.63, 3.8) is 0 Å². The van der Waals surface area contributed by atoms with E-state index < -0.39 is 18.0 Å². The maximum atomic E-state index is 12.7. The van der Waals surface area contributed by atoms with Crippen molar-refractivity contribution in [1.29, 1.82) is 0 Å². The van der Waals surface area contributed by atoms with E-state index >= 15 is 0 Å². The van der Waals surface area contributed by atoms with Crippen LogP contribution in [-0.2, 0) is 17.4 Å². The van der Waals surface area contributed by atoms with Gasteiger partial charge in [-0.25, -0.2) is 4.98 Å². The van der Waals surface area contributed by atoms with Crippen molar-refractivity contribution in [3.05, 3.63) is 35.0 Å². The lowest BCUT2D eigenvalue weighted by atomic mass is 10.1. The molecule has 1 amide bonds. The summed E-state index contributed by atoms with van der Waals surface area (Å²) >= 11 is 0. The number of nitrogens with zero attached hydrogens (tertiary/aromatic N) is 4. The van der Waals surface area contributed by atoms with Gasteiger partial charge in [-0.3, -0.25) is 4.79 Å². The Morgan fingerprint density at radius 3 is 2.85 bits per heavy atom. The maximum Gasteiger partial charge on any atom is 0.433 e. The number of halogens is 3. The van der Waals surface area contributed by atoms with E-state index in [9.17, 15) is 18.0 Å². The normalized spacial score (nSPS) is 17.8. The molecule has 1 atom stereocenters. The quantitative estimate of drug-likeness (QED) is 0.806. The zero-order valence-electron chi connectivity index (χ0n) is 14.9. The Hall–Kier alpha value is -2.65. The third-order valence-corrected chi connectivity index (χ3v) is 4.44. The highest BCUT2D eigenvalue weighted by Crippen LogP contribution is 2.28. The van der Waals surface area contributed by atoms with Crippen molar-refractivity contribution >= 4 is 5.91 Å². The van der Waals surface area contributed by atoms with Crippen LogP contribution in [0.1, 0.15) is 35.6 Å². The molecule has 1 aliphatic rings. The summed E-state index contributed by atoms with van der Waals surface area (Å²) in [5, 5.41) is 3.83. The van der Waals surface area contributed by atoms with E-state index in [4.69, 9.17) is 9.26 Å². The van der Waals surface area contributed by atoms with Crippen LogP contribution in [0.3, 0.4) is 0 Å². The van der Waals surface area contributed by atoms with Crippen molar-refractivity contribution in [1.82, 2.24) is 20.0 Å². The van der Waals surface area contributed by atoms with Crippen molar-refractivity contribution in [2.45, 2.75) is 45.4 Å². The second-order valence-electron chi connectivity index (χ2n) is 6.42. The molecule has 1 unspecified atom stereocenters. The predicted molar refractivity (Wildman–Crippen MR) is 86.9 cm³/mol. The standard InChI is InChI=1S/C17H19F3N4O3/c1-10-13(11(2)27-23-10)8-15(25)24-7-3-4-12(9-24)26-16-21-6-5-14(22-16)17(18,19)20/h5-6,12H,3-4,7-9H2,1-2H3. The van der Waals surface area contributed by atoms with Crippen molar-refractivity contribution in [2.75, 3.05) is 13.1 Å². The number of carbonyl (C=O) groups is 1. The summed E-state index contributed by atoms with van der Waals surface area (Å²) in [5.41, 5.74) is 0.363. The van der Waals surface area contributed by atoms with E-state index in [1.807, 2.05) is 0 Å². The summed E-state index contributed by atoms with van der Waals surface area (Å²) in [5.74, 6) is 0.491. The molecule has 7 nitrogen and oxygen atoms in total. The molecule has 146 valence electrons. The van der Waals surface area contributed by atoms with Crippen LogP contribution in [0.4, 0.5) is 13.2 Å². The SMILES string of the molecule is Cc1noc(C)c1CC(=O)N1CCCC(Oc2nccc(C(F)(F)F)n2)C1. The van der Waals surface area contributed by atoms with E-state index in [-0.39, 0.29) is 24.9 Å². The fourth-order valence-electron chi connectivity index (χ4n) is 2.98. The molecule has 0 N–H and O–H groups in total. The number of likely N-dealkylation sites (tertiary alicyclic amines) is 1. The van der Waals surface area contributed by atoms with Crippen LogP contribution in [-0.4, -0.2) is 45.1 Å². The fraction of sp³-hybridized carbons (Fsp3) is 0.529. The third kappa shape index (κ3) is 4.55.